The third kappa shape index (κ3) is 3.60. The van der Waals surface area contributed by atoms with Crippen molar-refractivity contribution >= 4 is 22.0 Å². The van der Waals surface area contributed by atoms with Gasteiger partial charge in [-0.05, 0) is 35.4 Å². The molecule has 1 atom stereocenters. The van der Waals surface area contributed by atoms with E-state index < -0.39 is 11.0 Å². The molecule has 0 amide bonds. The van der Waals surface area contributed by atoms with Crippen molar-refractivity contribution in [3.05, 3.63) is 72.8 Å². The molecular weight excluding hydrogens is 377 g/mol. The van der Waals surface area contributed by atoms with Crippen LogP contribution in [0.2, 0.25) is 0 Å². The summed E-state index contributed by atoms with van der Waals surface area (Å²) in [6, 6.07) is 15.9. The van der Waals surface area contributed by atoms with Crippen LogP contribution >= 0.6 is 0 Å². The molecule has 4 rings (SSSR count). The van der Waals surface area contributed by atoms with Gasteiger partial charge in [-0.2, -0.15) is 0 Å². The molecule has 5 nitrogen and oxygen atoms in total. The number of nitrogens with one attached hydrogen (secondary N) is 2. The predicted octanol–water partition coefficient (Wildman–Crippen LogP) is 3.64. The summed E-state index contributed by atoms with van der Waals surface area (Å²) >= 11 is 0. The van der Waals surface area contributed by atoms with Crippen LogP contribution in [-0.2, 0) is 11.0 Å². The Labute approximate surface area is 163 Å². The number of rotatable bonds is 6. The standard InChI is InChI=1S/C21H18FN3O2S/c22-19-12-14(18-3-1-2-4-20(18)28(27)25-9-10-26)5-6-17(19)16-11-15-7-8-23-21(15)24-13-16/h1-8,11-13,25-26H,9-10H2,(H,23,24). The van der Waals surface area contributed by atoms with Gasteiger partial charge in [0.2, 0.25) is 0 Å². The smallest absolute Gasteiger partial charge is 0.137 e. The Kier molecular flexibility index (Phi) is 5.29. The Morgan fingerprint density at radius 3 is 2.75 bits per heavy atom. The number of hydrogen-bond donors (Lipinski definition) is 3. The fourth-order valence-electron chi connectivity index (χ4n) is 3.09. The van der Waals surface area contributed by atoms with E-state index >= 15 is 0 Å². The van der Waals surface area contributed by atoms with E-state index in [0.717, 1.165) is 11.0 Å². The van der Waals surface area contributed by atoms with Crippen LogP contribution < -0.4 is 4.72 Å². The highest BCUT2D eigenvalue weighted by Gasteiger charge is 2.14. The van der Waals surface area contributed by atoms with Gasteiger partial charge in [-0.1, -0.05) is 30.3 Å². The molecule has 7 heteroatoms. The molecule has 0 spiro atoms. The molecule has 2 heterocycles. The lowest BCUT2D eigenvalue weighted by molar-refractivity contribution is 0.302. The van der Waals surface area contributed by atoms with Crippen LogP contribution in [0.5, 0.6) is 0 Å². The first-order chi connectivity index (χ1) is 13.7. The van der Waals surface area contributed by atoms with Crippen molar-refractivity contribution in [2.24, 2.45) is 0 Å². The molecule has 0 aliphatic carbocycles. The monoisotopic (exact) mass is 395 g/mol. The van der Waals surface area contributed by atoms with Crippen molar-refractivity contribution in [3.63, 3.8) is 0 Å². The quantitative estimate of drug-likeness (QED) is 0.466. The Balaban J connectivity index is 1.71. The van der Waals surface area contributed by atoms with Gasteiger partial charge in [-0.15, -0.1) is 0 Å². The number of aliphatic hydroxyl groups is 1. The summed E-state index contributed by atoms with van der Waals surface area (Å²) in [5, 5.41) is 9.84. The number of benzene rings is 2. The van der Waals surface area contributed by atoms with Crippen LogP contribution in [0.3, 0.4) is 0 Å². The number of hydrogen-bond acceptors (Lipinski definition) is 3. The van der Waals surface area contributed by atoms with Gasteiger partial charge in [0.1, 0.15) is 22.5 Å². The molecule has 4 aromatic rings. The van der Waals surface area contributed by atoms with Crippen molar-refractivity contribution < 1.29 is 13.7 Å². The van der Waals surface area contributed by atoms with Gasteiger partial charge >= 0.3 is 0 Å². The van der Waals surface area contributed by atoms with Gasteiger partial charge < -0.3 is 10.1 Å². The molecule has 0 radical (unpaired) electrons. The first-order valence-corrected chi connectivity index (χ1v) is 9.91. The minimum absolute atomic E-state index is 0.114. The average molecular weight is 395 g/mol. The van der Waals surface area contributed by atoms with Crippen LogP contribution in [0.1, 0.15) is 0 Å². The van der Waals surface area contributed by atoms with Gasteiger partial charge in [0.15, 0.2) is 0 Å². The second kappa shape index (κ2) is 8.02. The Bertz CT molecular complexity index is 1160. The maximum atomic E-state index is 14.9. The van der Waals surface area contributed by atoms with Gasteiger partial charge in [-0.25, -0.2) is 18.3 Å². The number of H-pyrrole nitrogens is 1. The minimum Gasteiger partial charge on any atom is -0.395 e. The SMILES string of the molecule is O=S(NCCO)c1ccccc1-c1ccc(-c2cnc3[nH]ccc3c2)c(F)c1. The molecule has 142 valence electrons. The Morgan fingerprint density at radius 2 is 1.93 bits per heavy atom. The third-order valence-electron chi connectivity index (χ3n) is 4.42. The van der Waals surface area contributed by atoms with E-state index in [2.05, 4.69) is 14.7 Å². The number of aliphatic hydroxyl groups excluding tert-OH is 1. The normalized spacial score (nSPS) is 12.4. The summed E-state index contributed by atoms with van der Waals surface area (Å²) < 4.78 is 30.1. The summed E-state index contributed by atoms with van der Waals surface area (Å²) in [7, 11) is -1.50. The van der Waals surface area contributed by atoms with Crippen LogP contribution in [0.25, 0.3) is 33.3 Å². The van der Waals surface area contributed by atoms with E-state index in [4.69, 9.17) is 5.11 Å². The molecule has 0 aliphatic rings. The molecule has 0 bridgehead atoms. The van der Waals surface area contributed by atoms with E-state index in [1.54, 1.807) is 36.7 Å². The highest BCUT2D eigenvalue weighted by atomic mass is 32.2. The lowest BCUT2D eigenvalue weighted by atomic mass is 10.00. The lowest BCUT2D eigenvalue weighted by Gasteiger charge is -2.11. The summed E-state index contributed by atoms with van der Waals surface area (Å²) in [6.45, 7) is 0.0969. The molecule has 3 N–H and O–H groups in total. The largest absolute Gasteiger partial charge is 0.395 e. The Hall–Kier alpha value is -2.87. The highest BCUT2D eigenvalue weighted by Crippen LogP contribution is 2.31. The number of aromatic amines is 1. The molecule has 0 saturated carbocycles. The van der Waals surface area contributed by atoms with Crippen molar-refractivity contribution in [2.75, 3.05) is 13.2 Å². The second-order valence-electron chi connectivity index (χ2n) is 6.22. The number of nitrogens with zero attached hydrogens (tertiary/aromatic N) is 1. The van der Waals surface area contributed by atoms with E-state index in [1.807, 2.05) is 24.3 Å². The van der Waals surface area contributed by atoms with Crippen LogP contribution in [0.15, 0.2) is 71.9 Å². The van der Waals surface area contributed by atoms with E-state index in [0.29, 0.717) is 27.1 Å². The van der Waals surface area contributed by atoms with Crippen molar-refractivity contribution in [2.45, 2.75) is 4.90 Å². The zero-order valence-electron chi connectivity index (χ0n) is 14.9. The highest BCUT2D eigenvalue weighted by molar-refractivity contribution is 7.83. The van der Waals surface area contributed by atoms with E-state index in [-0.39, 0.29) is 19.0 Å². The van der Waals surface area contributed by atoms with Gasteiger partial charge in [0.25, 0.3) is 0 Å². The Morgan fingerprint density at radius 1 is 1.07 bits per heavy atom. The summed E-state index contributed by atoms with van der Waals surface area (Å²) in [6.07, 6.45) is 3.43. The molecule has 2 aromatic heterocycles. The fraction of sp³-hybridized carbons (Fsp3) is 0.0952. The number of aromatic nitrogens is 2. The predicted molar refractivity (Wildman–Crippen MR) is 108 cm³/mol. The molecule has 0 aliphatic heterocycles. The number of halogens is 1. The number of fused-ring (bicyclic) bond motifs is 1. The van der Waals surface area contributed by atoms with Crippen molar-refractivity contribution in [3.8, 4) is 22.3 Å². The van der Waals surface area contributed by atoms with Crippen molar-refractivity contribution in [1.82, 2.24) is 14.7 Å². The summed E-state index contributed by atoms with van der Waals surface area (Å²) in [5.41, 5.74) is 3.21. The summed E-state index contributed by atoms with van der Waals surface area (Å²) in [4.78, 5) is 7.87. The van der Waals surface area contributed by atoms with Gasteiger partial charge in [0.05, 0.1) is 11.5 Å². The van der Waals surface area contributed by atoms with Gasteiger partial charge in [-0.3, -0.25) is 0 Å². The van der Waals surface area contributed by atoms with Crippen molar-refractivity contribution in [1.29, 1.82) is 0 Å². The first kappa shape index (κ1) is 18.5. The number of pyridine rings is 1. The zero-order valence-corrected chi connectivity index (χ0v) is 15.7. The van der Waals surface area contributed by atoms with Gasteiger partial charge in [0, 0.05) is 35.5 Å². The molecule has 1 unspecified atom stereocenters. The summed E-state index contributed by atoms with van der Waals surface area (Å²) in [5.74, 6) is -0.377. The average Bonchev–Trinajstić information content (AvgIpc) is 3.19. The van der Waals surface area contributed by atoms with E-state index in [1.165, 1.54) is 6.07 Å². The van der Waals surface area contributed by atoms with Crippen LogP contribution in [0, 0.1) is 5.82 Å². The third-order valence-corrected chi connectivity index (χ3v) is 5.64. The molecule has 2 aromatic carbocycles. The second-order valence-corrected chi connectivity index (χ2v) is 7.48. The first-order valence-electron chi connectivity index (χ1n) is 8.76. The van der Waals surface area contributed by atoms with Crippen LogP contribution in [-0.4, -0.2) is 32.4 Å². The molecule has 0 fully saturated rings. The topological polar surface area (TPSA) is 78.0 Å². The molecular formula is C21H18FN3O2S. The fourth-order valence-corrected chi connectivity index (χ4v) is 4.11. The molecule has 28 heavy (non-hydrogen) atoms. The maximum Gasteiger partial charge on any atom is 0.137 e. The van der Waals surface area contributed by atoms with E-state index in [9.17, 15) is 8.60 Å². The molecule has 0 saturated heterocycles. The lowest BCUT2D eigenvalue weighted by Crippen LogP contribution is -2.21. The maximum absolute atomic E-state index is 14.9. The zero-order chi connectivity index (χ0) is 19.5. The minimum atomic E-state index is -1.50. The van der Waals surface area contributed by atoms with Crippen LogP contribution in [0.4, 0.5) is 4.39 Å².